The van der Waals surface area contributed by atoms with Gasteiger partial charge < -0.3 is 5.11 Å². The zero-order valence-corrected chi connectivity index (χ0v) is 11.2. The molecule has 0 bridgehead atoms. The Bertz CT molecular complexity index is 345. The number of aryl methyl sites for hydroxylation is 1. The second-order valence-electron chi connectivity index (χ2n) is 6.15. The second-order valence-corrected chi connectivity index (χ2v) is 6.15. The summed E-state index contributed by atoms with van der Waals surface area (Å²) in [5, 5.41) is 10.5. The molecule has 0 aliphatic heterocycles. The molecule has 0 aliphatic carbocycles. The highest BCUT2D eigenvalue weighted by molar-refractivity contribution is 5.30. The highest BCUT2D eigenvalue weighted by Crippen LogP contribution is 2.33. The van der Waals surface area contributed by atoms with E-state index in [9.17, 15) is 5.11 Å². The van der Waals surface area contributed by atoms with Crippen LogP contribution in [0.5, 0.6) is 0 Å². The van der Waals surface area contributed by atoms with E-state index >= 15 is 0 Å². The van der Waals surface area contributed by atoms with Crippen LogP contribution >= 0.6 is 0 Å². The summed E-state index contributed by atoms with van der Waals surface area (Å²) in [5.74, 6) is 0. The number of hydrogen-bond acceptors (Lipinski definition) is 1. The van der Waals surface area contributed by atoms with Crippen molar-refractivity contribution < 1.29 is 5.11 Å². The Hall–Kier alpha value is -0.820. The van der Waals surface area contributed by atoms with E-state index in [1.807, 2.05) is 25.1 Å². The lowest BCUT2D eigenvalue weighted by Gasteiger charge is -2.29. The molecule has 90 valence electrons. The van der Waals surface area contributed by atoms with Crippen LogP contribution in [0.1, 0.15) is 51.7 Å². The van der Waals surface area contributed by atoms with Gasteiger partial charge in [0.15, 0.2) is 0 Å². The van der Waals surface area contributed by atoms with E-state index in [0.717, 1.165) is 18.4 Å². The number of hydrogen-bond donors (Lipinski definition) is 1. The average Bonchev–Trinajstić information content (AvgIpc) is 2.14. The molecule has 0 heterocycles. The van der Waals surface area contributed by atoms with Gasteiger partial charge in [-0.3, -0.25) is 0 Å². The summed E-state index contributed by atoms with van der Waals surface area (Å²) in [7, 11) is 0. The van der Waals surface area contributed by atoms with Crippen LogP contribution in [-0.2, 0) is 5.60 Å². The highest BCUT2D eigenvalue weighted by Gasteiger charge is 2.26. The topological polar surface area (TPSA) is 20.2 Å². The smallest absolute Gasteiger partial charge is 0.0871 e. The summed E-state index contributed by atoms with van der Waals surface area (Å²) in [4.78, 5) is 0. The van der Waals surface area contributed by atoms with Gasteiger partial charge in [0, 0.05) is 0 Å². The third-order valence-electron chi connectivity index (χ3n) is 3.09. The maximum atomic E-state index is 10.5. The first kappa shape index (κ1) is 13.2. The second kappa shape index (κ2) is 4.58. The van der Waals surface area contributed by atoms with Crippen molar-refractivity contribution in [1.29, 1.82) is 0 Å². The van der Waals surface area contributed by atoms with Gasteiger partial charge in [-0.2, -0.15) is 0 Å². The molecule has 0 amide bonds. The predicted molar refractivity (Wildman–Crippen MR) is 69.4 cm³/mol. The van der Waals surface area contributed by atoms with Crippen LogP contribution in [0.15, 0.2) is 24.3 Å². The quantitative estimate of drug-likeness (QED) is 0.815. The lowest BCUT2D eigenvalue weighted by Crippen LogP contribution is -2.24. The molecule has 0 fully saturated rings. The van der Waals surface area contributed by atoms with Gasteiger partial charge in [-0.25, -0.2) is 0 Å². The monoisotopic (exact) mass is 220 g/mol. The number of rotatable bonds is 3. The molecule has 16 heavy (non-hydrogen) atoms. The fraction of sp³-hybridized carbons (Fsp3) is 0.600. The van der Waals surface area contributed by atoms with E-state index in [4.69, 9.17) is 0 Å². The van der Waals surface area contributed by atoms with Crippen LogP contribution in [0.25, 0.3) is 0 Å². The van der Waals surface area contributed by atoms with Crippen LogP contribution in [0.4, 0.5) is 0 Å². The van der Waals surface area contributed by atoms with Gasteiger partial charge in [0.05, 0.1) is 5.60 Å². The molecule has 1 aromatic rings. The maximum absolute atomic E-state index is 10.5. The van der Waals surface area contributed by atoms with Crippen molar-refractivity contribution in [2.24, 2.45) is 5.41 Å². The van der Waals surface area contributed by atoms with Gasteiger partial charge in [-0.1, -0.05) is 45.0 Å². The molecule has 0 spiro atoms. The maximum Gasteiger partial charge on any atom is 0.0871 e. The van der Waals surface area contributed by atoms with Crippen LogP contribution in [0.3, 0.4) is 0 Å². The van der Waals surface area contributed by atoms with Crippen LogP contribution in [0.2, 0.25) is 0 Å². The minimum absolute atomic E-state index is 0.271. The molecule has 1 nitrogen and oxygen atoms in total. The lowest BCUT2D eigenvalue weighted by atomic mass is 9.81. The van der Waals surface area contributed by atoms with Crippen molar-refractivity contribution >= 4 is 0 Å². The van der Waals surface area contributed by atoms with Crippen molar-refractivity contribution in [3.05, 3.63) is 35.4 Å². The highest BCUT2D eigenvalue weighted by atomic mass is 16.3. The molecule has 1 N–H and O–H groups in total. The largest absolute Gasteiger partial charge is 0.385 e. The SMILES string of the molecule is Cc1ccccc1C(C)(O)CCC(C)(C)C. The Labute approximate surface area is 99.5 Å². The molecular weight excluding hydrogens is 196 g/mol. The van der Waals surface area contributed by atoms with E-state index in [0.29, 0.717) is 0 Å². The summed E-state index contributed by atoms with van der Waals surface area (Å²) >= 11 is 0. The molecule has 1 unspecified atom stereocenters. The first-order valence-corrected chi connectivity index (χ1v) is 6.01. The van der Waals surface area contributed by atoms with Gasteiger partial charge in [-0.05, 0) is 43.2 Å². The standard InChI is InChI=1S/C15H24O/c1-12-8-6-7-9-13(12)15(5,16)11-10-14(2,3)4/h6-9,16H,10-11H2,1-5H3. The Morgan fingerprint density at radius 2 is 1.56 bits per heavy atom. The first-order chi connectivity index (χ1) is 7.22. The van der Waals surface area contributed by atoms with E-state index in [-0.39, 0.29) is 5.41 Å². The lowest BCUT2D eigenvalue weighted by molar-refractivity contribution is 0.0352. The van der Waals surface area contributed by atoms with Gasteiger partial charge in [0.2, 0.25) is 0 Å². The van der Waals surface area contributed by atoms with Crippen LogP contribution < -0.4 is 0 Å². The van der Waals surface area contributed by atoms with E-state index < -0.39 is 5.60 Å². The molecule has 0 radical (unpaired) electrons. The Balaban J connectivity index is 2.82. The third kappa shape index (κ3) is 3.64. The van der Waals surface area contributed by atoms with E-state index in [1.54, 1.807) is 0 Å². The zero-order valence-electron chi connectivity index (χ0n) is 11.2. The van der Waals surface area contributed by atoms with Crippen LogP contribution in [-0.4, -0.2) is 5.11 Å². The summed E-state index contributed by atoms with van der Waals surface area (Å²) < 4.78 is 0. The van der Waals surface area contributed by atoms with E-state index in [1.165, 1.54) is 5.56 Å². The molecule has 0 aliphatic rings. The van der Waals surface area contributed by atoms with Crippen LogP contribution in [0, 0.1) is 12.3 Å². The predicted octanol–water partition coefficient (Wildman–Crippen LogP) is 4.03. The van der Waals surface area contributed by atoms with Gasteiger partial charge in [0.1, 0.15) is 0 Å². The van der Waals surface area contributed by atoms with Crippen molar-refractivity contribution in [2.45, 2.75) is 53.1 Å². The summed E-state index contributed by atoms with van der Waals surface area (Å²) in [6, 6.07) is 8.09. The molecular formula is C15H24O. The fourth-order valence-electron chi connectivity index (χ4n) is 1.93. The zero-order chi connectivity index (χ0) is 12.4. The van der Waals surface area contributed by atoms with Crippen molar-refractivity contribution in [3.63, 3.8) is 0 Å². The normalized spacial score (nSPS) is 15.9. The molecule has 1 rings (SSSR count). The number of benzene rings is 1. The summed E-state index contributed by atoms with van der Waals surface area (Å²) in [6.45, 7) is 10.6. The summed E-state index contributed by atoms with van der Waals surface area (Å²) in [6.07, 6.45) is 1.83. The Morgan fingerprint density at radius 3 is 2.06 bits per heavy atom. The molecule has 1 atom stereocenters. The first-order valence-electron chi connectivity index (χ1n) is 6.01. The molecule has 0 aromatic heterocycles. The number of aliphatic hydroxyl groups is 1. The van der Waals surface area contributed by atoms with E-state index in [2.05, 4.69) is 33.8 Å². The summed E-state index contributed by atoms with van der Waals surface area (Å²) in [5.41, 5.74) is 1.78. The van der Waals surface area contributed by atoms with Crippen molar-refractivity contribution in [3.8, 4) is 0 Å². The van der Waals surface area contributed by atoms with Gasteiger partial charge in [-0.15, -0.1) is 0 Å². The Morgan fingerprint density at radius 1 is 1.00 bits per heavy atom. The molecule has 0 saturated heterocycles. The Kier molecular flexibility index (Phi) is 3.80. The molecule has 0 saturated carbocycles. The average molecular weight is 220 g/mol. The molecule has 1 aromatic carbocycles. The minimum Gasteiger partial charge on any atom is -0.385 e. The fourth-order valence-corrected chi connectivity index (χ4v) is 1.93. The van der Waals surface area contributed by atoms with Crippen molar-refractivity contribution in [1.82, 2.24) is 0 Å². The minimum atomic E-state index is -0.710. The third-order valence-corrected chi connectivity index (χ3v) is 3.09. The molecule has 1 heteroatoms. The van der Waals surface area contributed by atoms with Gasteiger partial charge in [0.25, 0.3) is 0 Å². The van der Waals surface area contributed by atoms with Gasteiger partial charge >= 0.3 is 0 Å². The van der Waals surface area contributed by atoms with Crippen molar-refractivity contribution in [2.75, 3.05) is 0 Å².